The lowest BCUT2D eigenvalue weighted by Crippen LogP contribution is -2.38. The van der Waals surface area contributed by atoms with Crippen LogP contribution in [0.3, 0.4) is 0 Å². The summed E-state index contributed by atoms with van der Waals surface area (Å²) in [6, 6.07) is 1.32. The van der Waals surface area contributed by atoms with Crippen LogP contribution in [0.25, 0.3) is 0 Å². The first-order chi connectivity index (χ1) is 15.0. The van der Waals surface area contributed by atoms with Gasteiger partial charge in [0.05, 0.1) is 19.6 Å². The average molecular weight is 487 g/mol. The highest BCUT2D eigenvalue weighted by Gasteiger charge is 2.63. The molecule has 2 aromatic rings. The van der Waals surface area contributed by atoms with Gasteiger partial charge >= 0.3 is 24.0 Å². The first kappa shape index (κ1) is 25.7. The maximum absolute atomic E-state index is 13.4. The molecule has 0 atom stereocenters. The summed E-state index contributed by atoms with van der Waals surface area (Å²) in [6.07, 6.45) is -5.08. The lowest BCUT2D eigenvalue weighted by Gasteiger charge is -2.16. The number of aromatic amines is 1. The third-order valence-corrected chi connectivity index (χ3v) is 3.91. The fourth-order valence-electron chi connectivity index (χ4n) is 2.48. The molecular weight excluding hydrogens is 471 g/mol. The number of anilines is 2. The molecule has 0 aromatic carbocycles. The number of alkyl halides is 7. The second-order valence-corrected chi connectivity index (χ2v) is 6.76. The van der Waals surface area contributed by atoms with Gasteiger partial charge in [0.1, 0.15) is 11.6 Å². The Labute approximate surface area is 179 Å². The zero-order valence-electron chi connectivity index (χ0n) is 16.8. The number of H-pyrrole nitrogens is 1. The number of rotatable bonds is 4. The van der Waals surface area contributed by atoms with Crippen LogP contribution in [0.5, 0.6) is 0 Å². The van der Waals surface area contributed by atoms with E-state index in [-0.39, 0.29) is 29.8 Å². The minimum Gasteiger partial charge on any atom is -0.475 e. The standard InChI is InChI=1S/C14H15F4N7O.C2HF3O2/c1-7-3-10(26)23-9(20-7)4-19-11-21-8(2)22-12(24-11)25-5-13(15,16)14(17,18)6-25;3-2(4,5)1(6)7/h3H,4-6H2,1-2H3,(H,20,23,26)(H,19,21,22,24);(H,6,7). The Kier molecular flexibility index (Phi) is 7.13. The van der Waals surface area contributed by atoms with Gasteiger partial charge in [-0.15, -0.1) is 0 Å². The lowest BCUT2D eigenvalue weighted by molar-refractivity contribution is -0.192. The molecule has 2 aromatic heterocycles. The van der Waals surface area contributed by atoms with Crippen molar-refractivity contribution < 1.29 is 40.6 Å². The number of carbonyl (C=O) groups is 1. The van der Waals surface area contributed by atoms with Crippen LogP contribution in [0.1, 0.15) is 17.3 Å². The van der Waals surface area contributed by atoms with Crippen LogP contribution in [0, 0.1) is 13.8 Å². The van der Waals surface area contributed by atoms with Crippen LogP contribution in [0.15, 0.2) is 10.9 Å². The first-order valence-corrected chi connectivity index (χ1v) is 8.84. The molecule has 182 valence electrons. The van der Waals surface area contributed by atoms with Crippen molar-refractivity contribution in [2.24, 2.45) is 0 Å². The van der Waals surface area contributed by atoms with E-state index in [2.05, 4.69) is 30.2 Å². The highest BCUT2D eigenvalue weighted by Crippen LogP contribution is 2.41. The van der Waals surface area contributed by atoms with E-state index < -0.39 is 37.1 Å². The van der Waals surface area contributed by atoms with Crippen LogP contribution in [-0.4, -0.2) is 67.1 Å². The molecule has 3 rings (SSSR count). The van der Waals surface area contributed by atoms with E-state index in [1.807, 2.05) is 0 Å². The molecule has 17 heteroatoms. The Balaban J connectivity index is 0.000000479. The Morgan fingerprint density at radius 1 is 1.12 bits per heavy atom. The molecular formula is C16H16F7N7O3. The summed E-state index contributed by atoms with van der Waals surface area (Å²) >= 11 is 0. The van der Waals surface area contributed by atoms with Crippen molar-refractivity contribution in [3.05, 3.63) is 33.8 Å². The van der Waals surface area contributed by atoms with Gasteiger partial charge in [0, 0.05) is 11.8 Å². The first-order valence-electron chi connectivity index (χ1n) is 8.84. The molecule has 1 fully saturated rings. The maximum Gasteiger partial charge on any atom is 0.490 e. The molecule has 0 saturated carbocycles. The number of nitrogens with one attached hydrogen (secondary N) is 2. The van der Waals surface area contributed by atoms with E-state index in [0.29, 0.717) is 16.4 Å². The summed E-state index contributed by atoms with van der Waals surface area (Å²) in [5.41, 5.74) is 0.183. The van der Waals surface area contributed by atoms with Gasteiger partial charge in [-0.3, -0.25) is 4.79 Å². The molecule has 0 unspecified atom stereocenters. The maximum atomic E-state index is 13.4. The van der Waals surface area contributed by atoms with Gasteiger partial charge in [-0.1, -0.05) is 0 Å². The molecule has 3 heterocycles. The van der Waals surface area contributed by atoms with Crippen molar-refractivity contribution in [1.29, 1.82) is 0 Å². The van der Waals surface area contributed by atoms with Gasteiger partial charge in [0.15, 0.2) is 0 Å². The summed E-state index contributed by atoms with van der Waals surface area (Å²) in [4.78, 5) is 39.4. The van der Waals surface area contributed by atoms with Gasteiger partial charge in [-0.2, -0.15) is 45.7 Å². The molecule has 1 aliphatic rings. The van der Waals surface area contributed by atoms with E-state index >= 15 is 0 Å². The quantitative estimate of drug-likeness (QED) is 0.553. The molecule has 33 heavy (non-hydrogen) atoms. The third kappa shape index (κ3) is 6.72. The third-order valence-electron chi connectivity index (χ3n) is 3.91. The Morgan fingerprint density at radius 2 is 1.67 bits per heavy atom. The Bertz CT molecular complexity index is 1060. The van der Waals surface area contributed by atoms with Crippen molar-refractivity contribution >= 4 is 17.9 Å². The number of carboxylic acid groups (broad SMARTS) is 1. The molecule has 0 amide bonds. The Hall–Kier alpha value is -3.53. The molecule has 0 spiro atoms. The van der Waals surface area contributed by atoms with E-state index in [9.17, 15) is 35.5 Å². The number of carboxylic acids is 1. The highest BCUT2D eigenvalue weighted by atomic mass is 19.4. The molecule has 3 N–H and O–H groups in total. The summed E-state index contributed by atoms with van der Waals surface area (Å²) in [5, 5.41) is 9.89. The second-order valence-electron chi connectivity index (χ2n) is 6.76. The molecule has 0 aliphatic carbocycles. The van der Waals surface area contributed by atoms with Crippen molar-refractivity contribution in [3.63, 3.8) is 0 Å². The monoisotopic (exact) mass is 487 g/mol. The number of aromatic nitrogens is 5. The van der Waals surface area contributed by atoms with Gasteiger partial charge in [-0.25, -0.2) is 9.78 Å². The smallest absolute Gasteiger partial charge is 0.475 e. The van der Waals surface area contributed by atoms with Crippen molar-refractivity contribution in [1.82, 2.24) is 24.9 Å². The van der Waals surface area contributed by atoms with Gasteiger partial charge in [-0.05, 0) is 13.8 Å². The van der Waals surface area contributed by atoms with E-state index in [4.69, 9.17) is 9.90 Å². The van der Waals surface area contributed by atoms with Crippen LogP contribution in [-0.2, 0) is 11.3 Å². The minimum atomic E-state index is -5.08. The molecule has 1 saturated heterocycles. The molecule has 10 nitrogen and oxygen atoms in total. The molecule has 0 bridgehead atoms. The summed E-state index contributed by atoms with van der Waals surface area (Å²) in [5.74, 6) is -10.9. The van der Waals surface area contributed by atoms with Crippen molar-refractivity contribution in [2.75, 3.05) is 23.3 Å². The largest absolute Gasteiger partial charge is 0.490 e. The predicted octanol–water partition coefficient (Wildman–Crippen LogP) is 1.91. The lowest BCUT2D eigenvalue weighted by atomic mass is 10.2. The summed E-state index contributed by atoms with van der Waals surface area (Å²) in [6.45, 7) is 0.810. The number of aryl methyl sites for hydroxylation is 2. The number of halogens is 7. The zero-order chi connectivity index (χ0) is 25.2. The van der Waals surface area contributed by atoms with Gasteiger partial charge in [0.2, 0.25) is 11.9 Å². The number of nitrogens with zero attached hydrogens (tertiary/aromatic N) is 5. The van der Waals surface area contributed by atoms with Crippen LogP contribution in [0.4, 0.5) is 42.6 Å². The fourth-order valence-corrected chi connectivity index (χ4v) is 2.48. The number of aliphatic carboxylic acids is 1. The molecule has 0 radical (unpaired) electrons. The predicted molar refractivity (Wildman–Crippen MR) is 97.3 cm³/mol. The van der Waals surface area contributed by atoms with Crippen LogP contribution in [0.2, 0.25) is 0 Å². The van der Waals surface area contributed by atoms with Crippen LogP contribution < -0.4 is 15.8 Å². The van der Waals surface area contributed by atoms with Gasteiger partial charge in [0.25, 0.3) is 5.56 Å². The van der Waals surface area contributed by atoms with Crippen LogP contribution >= 0.6 is 0 Å². The highest BCUT2D eigenvalue weighted by molar-refractivity contribution is 5.73. The average Bonchev–Trinajstić information content (AvgIpc) is 2.86. The summed E-state index contributed by atoms with van der Waals surface area (Å²) < 4.78 is 85.3. The topological polar surface area (TPSA) is 137 Å². The zero-order valence-corrected chi connectivity index (χ0v) is 16.8. The van der Waals surface area contributed by atoms with Crippen molar-refractivity contribution in [3.8, 4) is 0 Å². The van der Waals surface area contributed by atoms with E-state index in [0.717, 1.165) is 0 Å². The van der Waals surface area contributed by atoms with E-state index in [1.165, 1.54) is 13.0 Å². The van der Waals surface area contributed by atoms with E-state index in [1.54, 1.807) is 6.92 Å². The second kappa shape index (κ2) is 9.14. The normalized spacial score (nSPS) is 16.7. The number of hydrogen-bond donors (Lipinski definition) is 3. The van der Waals surface area contributed by atoms with Gasteiger partial charge < -0.3 is 20.3 Å². The fraction of sp³-hybridized carbons (Fsp3) is 0.500. The molecule has 1 aliphatic heterocycles. The minimum absolute atomic E-state index is 0.00446. The number of hydrogen-bond acceptors (Lipinski definition) is 8. The Morgan fingerprint density at radius 3 is 2.15 bits per heavy atom. The summed E-state index contributed by atoms with van der Waals surface area (Å²) in [7, 11) is 0. The SMILES string of the molecule is Cc1cc(=O)[nH]c(CNc2nc(C)nc(N3CC(F)(F)C(F)(F)C3)n2)n1.O=C(O)C(F)(F)F. The van der Waals surface area contributed by atoms with Crippen molar-refractivity contribution in [2.45, 2.75) is 38.4 Å².